The molecule has 0 radical (unpaired) electrons. The number of Topliss-reactive ketones (excluding diaryl/α,β-unsaturated/α-hetero) is 1. The van der Waals surface area contributed by atoms with Crippen molar-refractivity contribution in [2.75, 3.05) is 6.61 Å². The Morgan fingerprint density at radius 3 is 2.56 bits per heavy atom. The van der Waals surface area contributed by atoms with Crippen LogP contribution in [0.2, 0.25) is 0 Å². The fourth-order valence-corrected chi connectivity index (χ4v) is 1.37. The molecule has 0 fully saturated rings. The van der Waals surface area contributed by atoms with Gasteiger partial charge in [-0.2, -0.15) is 0 Å². The average molecular weight is 222 g/mol. The van der Waals surface area contributed by atoms with Crippen LogP contribution in [-0.2, 0) is 4.74 Å². The first-order valence-corrected chi connectivity index (χ1v) is 5.69. The summed E-state index contributed by atoms with van der Waals surface area (Å²) < 4.78 is 10.9. The molecule has 0 aliphatic heterocycles. The van der Waals surface area contributed by atoms with Gasteiger partial charge in [0, 0.05) is 6.42 Å². The lowest BCUT2D eigenvalue weighted by atomic mass is 10.2. The normalized spacial score (nSPS) is 11.6. The van der Waals surface area contributed by atoms with Gasteiger partial charge in [0.05, 0.1) is 6.61 Å². The van der Waals surface area contributed by atoms with Crippen LogP contribution in [0.5, 0.6) is 0 Å². The minimum Gasteiger partial charge on any atom is -0.490 e. The van der Waals surface area contributed by atoms with Gasteiger partial charge in [0.25, 0.3) is 0 Å². The number of hydrogen-bond acceptors (Lipinski definition) is 3. The molecule has 0 saturated heterocycles. The van der Waals surface area contributed by atoms with Gasteiger partial charge in [-0.25, -0.2) is 0 Å². The van der Waals surface area contributed by atoms with Crippen molar-refractivity contribution in [3.63, 3.8) is 0 Å². The summed E-state index contributed by atoms with van der Waals surface area (Å²) in [5.41, 5.74) is 0. The molecule has 1 aromatic heterocycles. The van der Waals surface area contributed by atoms with Gasteiger partial charge in [-0.15, -0.1) is 0 Å². The van der Waals surface area contributed by atoms with Gasteiger partial charge in [-0.1, -0.05) is 13.8 Å². The van der Waals surface area contributed by atoms with E-state index in [0.717, 1.165) is 6.42 Å². The predicted octanol–water partition coefficient (Wildman–Crippen LogP) is 3.66. The van der Waals surface area contributed by atoms with Gasteiger partial charge < -0.3 is 9.15 Å². The van der Waals surface area contributed by atoms with Crippen molar-refractivity contribution in [1.82, 2.24) is 0 Å². The minimum absolute atomic E-state index is 0.0126. The number of carbonyl (C=O) groups excluding carboxylic acids is 1. The fraction of sp³-hybridized carbons (Fsp3) is 0.462. The largest absolute Gasteiger partial charge is 0.490 e. The highest BCUT2D eigenvalue weighted by molar-refractivity contribution is 5.93. The number of carbonyl (C=O) groups is 1. The Kier molecular flexibility index (Phi) is 4.83. The van der Waals surface area contributed by atoms with Gasteiger partial charge in [0.1, 0.15) is 0 Å². The van der Waals surface area contributed by atoms with E-state index >= 15 is 0 Å². The summed E-state index contributed by atoms with van der Waals surface area (Å²) in [5, 5.41) is 0. The molecular formula is C13H18O3. The summed E-state index contributed by atoms with van der Waals surface area (Å²) >= 11 is 0. The Labute approximate surface area is 96.1 Å². The average Bonchev–Trinajstić information content (AvgIpc) is 2.77. The maximum atomic E-state index is 11.4. The number of ether oxygens (including phenoxy) is 1. The molecule has 0 aliphatic rings. The van der Waals surface area contributed by atoms with Crippen LogP contribution in [-0.4, -0.2) is 12.4 Å². The van der Waals surface area contributed by atoms with Crippen molar-refractivity contribution in [3.05, 3.63) is 29.7 Å². The Hall–Kier alpha value is -1.51. The molecule has 1 aromatic rings. The van der Waals surface area contributed by atoms with E-state index in [1.54, 1.807) is 12.1 Å². The van der Waals surface area contributed by atoms with E-state index in [1.807, 2.05) is 26.8 Å². The van der Waals surface area contributed by atoms with Crippen LogP contribution < -0.4 is 0 Å². The third-order valence-electron chi connectivity index (χ3n) is 2.13. The molecule has 0 unspecified atom stereocenters. The molecule has 88 valence electrons. The molecule has 0 bridgehead atoms. The van der Waals surface area contributed by atoms with Crippen LogP contribution >= 0.6 is 0 Å². The number of ketones is 1. The Bertz CT molecular complexity index is 374. The van der Waals surface area contributed by atoms with Gasteiger partial charge in [0.2, 0.25) is 0 Å². The third kappa shape index (κ3) is 2.99. The number of rotatable bonds is 6. The number of hydrogen-bond donors (Lipinski definition) is 0. The summed E-state index contributed by atoms with van der Waals surface area (Å²) in [7, 11) is 0. The topological polar surface area (TPSA) is 39.4 Å². The smallest absolute Gasteiger partial charge is 0.197 e. The first-order valence-electron chi connectivity index (χ1n) is 5.69. The van der Waals surface area contributed by atoms with E-state index in [9.17, 15) is 4.79 Å². The SMILES string of the molecule is CC/C=C(\OCC)c1ccc(C(=O)CC)o1. The van der Waals surface area contributed by atoms with Gasteiger partial charge >= 0.3 is 0 Å². The van der Waals surface area contributed by atoms with Crippen LogP contribution in [0.1, 0.15) is 49.9 Å². The molecule has 0 N–H and O–H groups in total. The lowest BCUT2D eigenvalue weighted by molar-refractivity contribution is 0.0960. The van der Waals surface area contributed by atoms with Crippen molar-refractivity contribution in [3.8, 4) is 0 Å². The highest BCUT2D eigenvalue weighted by atomic mass is 16.5. The van der Waals surface area contributed by atoms with Crippen LogP contribution in [0.4, 0.5) is 0 Å². The van der Waals surface area contributed by atoms with Crippen molar-refractivity contribution in [1.29, 1.82) is 0 Å². The first-order chi connectivity index (χ1) is 7.72. The van der Waals surface area contributed by atoms with E-state index in [4.69, 9.17) is 9.15 Å². The van der Waals surface area contributed by atoms with E-state index in [2.05, 4.69) is 0 Å². The van der Waals surface area contributed by atoms with Crippen LogP contribution in [0, 0.1) is 0 Å². The molecule has 3 heteroatoms. The summed E-state index contributed by atoms with van der Waals surface area (Å²) in [6, 6.07) is 3.48. The summed E-state index contributed by atoms with van der Waals surface area (Å²) in [6.07, 6.45) is 3.27. The van der Waals surface area contributed by atoms with Crippen LogP contribution in [0.3, 0.4) is 0 Å². The number of allylic oxidation sites excluding steroid dienone is 1. The molecule has 3 nitrogen and oxygen atoms in total. The quantitative estimate of drug-likeness (QED) is 0.544. The molecule has 0 saturated carbocycles. The van der Waals surface area contributed by atoms with E-state index < -0.39 is 0 Å². The lowest BCUT2D eigenvalue weighted by Crippen LogP contribution is -1.93. The lowest BCUT2D eigenvalue weighted by Gasteiger charge is -2.04. The van der Waals surface area contributed by atoms with E-state index in [-0.39, 0.29) is 5.78 Å². The van der Waals surface area contributed by atoms with Crippen LogP contribution in [0.15, 0.2) is 22.6 Å². The molecule has 1 heterocycles. The standard InChI is InChI=1S/C13H18O3/c1-4-7-12(15-6-3)13-9-8-11(16-13)10(14)5-2/h7-9H,4-6H2,1-3H3/b12-7-. The summed E-state index contributed by atoms with van der Waals surface area (Å²) in [6.45, 7) is 6.35. The highest BCUT2D eigenvalue weighted by Gasteiger charge is 2.12. The van der Waals surface area contributed by atoms with Crippen molar-refractivity contribution in [2.45, 2.75) is 33.6 Å². The fourth-order valence-electron chi connectivity index (χ4n) is 1.37. The third-order valence-corrected chi connectivity index (χ3v) is 2.13. The first kappa shape index (κ1) is 12.6. The highest BCUT2D eigenvalue weighted by Crippen LogP contribution is 2.20. The minimum atomic E-state index is 0.0126. The van der Waals surface area contributed by atoms with Gasteiger partial charge in [-0.3, -0.25) is 4.79 Å². The molecular weight excluding hydrogens is 204 g/mol. The van der Waals surface area contributed by atoms with Crippen LogP contribution in [0.25, 0.3) is 5.76 Å². The zero-order valence-corrected chi connectivity index (χ0v) is 10.1. The van der Waals surface area contributed by atoms with E-state index in [0.29, 0.717) is 30.3 Å². The zero-order chi connectivity index (χ0) is 12.0. The molecule has 1 rings (SSSR count). The second-order valence-electron chi connectivity index (χ2n) is 3.35. The Morgan fingerprint density at radius 2 is 2.00 bits per heavy atom. The van der Waals surface area contributed by atoms with Crippen molar-refractivity contribution < 1.29 is 13.9 Å². The van der Waals surface area contributed by atoms with Gasteiger partial charge in [0.15, 0.2) is 23.1 Å². The molecule has 0 aromatic carbocycles. The molecule has 0 spiro atoms. The second kappa shape index (κ2) is 6.16. The monoisotopic (exact) mass is 222 g/mol. The second-order valence-corrected chi connectivity index (χ2v) is 3.35. The Balaban J connectivity index is 2.90. The van der Waals surface area contributed by atoms with Gasteiger partial charge in [-0.05, 0) is 31.6 Å². The molecule has 0 atom stereocenters. The molecule has 16 heavy (non-hydrogen) atoms. The summed E-state index contributed by atoms with van der Waals surface area (Å²) in [4.78, 5) is 11.4. The number of furan rings is 1. The van der Waals surface area contributed by atoms with Crippen molar-refractivity contribution >= 4 is 11.5 Å². The van der Waals surface area contributed by atoms with Crippen molar-refractivity contribution in [2.24, 2.45) is 0 Å². The summed E-state index contributed by atoms with van der Waals surface area (Å²) in [5.74, 6) is 1.75. The molecule has 0 aliphatic carbocycles. The van der Waals surface area contributed by atoms with E-state index in [1.165, 1.54) is 0 Å². The maximum absolute atomic E-state index is 11.4. The zero-order valence-electron chi connectivity index (χ0n) is 10.1. The molecule has 0 amide bonds. The Morgan fingerprint density at radius 1 is 1.31 bits per heavy atom. The maximum Gasteiger partial charge on any atom is 0.197 e. The predicted molar refractivity (Wildman–Crippen MR) is 63.2 cm³/mol.